The molecule has 1 unspecified atom stereocenters. The van der Waals surface area contributed by atoms with E-state index in [9.17, 15) is 10.2 Å². The minimum Gasteiger partial charge on any atom is -0.389 e. The Morgan fingerprint density at radius 3 is 2.46 bits per heavy atom. The van der Waals surface area contributed by atoms with Crippen LogP contribution in [0.1, 0.15) is 45.4 Å². The summed E-state index contributed by atoms with van der Waals surface area (Å²) in [5, 5.41) is 19.8. The van der Waals surface area contributed by atoms with E-state index in [0.29, 0.717) is 6.42 Å². The summed E-state index contributed by atoms with van der Waals surface area (Å²) in [6.07, 6.45) is 4.39. The molecule has 1 fully saturated rings. The second kappa shape index (κ2) is 4.64. The first-order chi connectivity index (χ1) is 6.19. The fourth-order valence-electron chi connectivity index (χ4n) is 1.89. The Hall–Kier alpha value is -0.520. The monoisotopic (exact) mass is 182 g/mol. The van der Waals surface area contributed by atoms with Gasteiger partial charge < -0.3 is 10.2 Å². The van der Waals surface area contributed by atoms with Crippen LogP contribution in [0.2, 0.25) is 0 Å². The van der Waals surface area contributed by atoms with Crippen LogP contribution < -0.4 is 0 Å². The van der Waals surface area contributed by atoms with Crippen molar-refractivity contribution in [1.29, 1.82) is 0 Å². The van der Waals surface area contributed by atoms with Crippen molar-refractivity contribution in [2.45, 2.75) is 57.2 Å². The summed E-state index contributed by atoms with van der Waals surface area (Å²) in [6, 6.07) is 0. The van der Waals surface area contributed by atoms with Crippen LogP contribution in [0.4, 0.5) is 0 Å². The highest BCUT2D eigenvalue weighted by Gasteiger charge is 2.35. The first-order valence-corrected chi connectivity index (χ1v) is 4.99. The Bertz CT molecular complexity index is 206. The van der Waals surface area contributed by atoms with Gasteiger partial charge in [0.05, 0.1) is 11.7 Å². The molecular formula is C11H18O2. The number of rotatable bonds is 2. The van der Waals surface area contributed by atoms with E-state index in [1.165, 1.54) is 6.42 Å². The van der Waals surface area contributed by atoms with Gasteiger partial charge in [-0.3, -0.25) is 0 Å². The third-order valence-electron chi connectivity index (χ3n) is 2.81. The molecule has 0 aliphatic heterocycles. The van der Waals surface area contributed by atoms with Crippen LogP contribution in [0, 0.1) is 11.8 Å². The van der Waals surface area contributed by atoms with Crippen molar-refractivity contribution in [1.82, 2.24) is 0 Å². The van der Waals surface area contributed by atoms with Gasteiger partial charge in [-0.15, -0.1) is 11.8 Å². The lowest BCUT2D eigenvalue weighted by molar-refractivity contribution is -0.0942. The smallest absolute Gasteiger partial charge is 0.0935 e. The van der Waals surface area contributed by atoms with Gasteiger partial charge in [0.1, 0.15) is 0 Å². The second-order valence-corrected chi connectivity index (χ2v) is 3.81. The molecule has 0 radical (unpaired) electrons. The average Bonchev–Trinajstić information content (AvgIpc) is 2.15. The largest absolute Gasteiger partial charge is 0.389 e. The summed E-state index contributed by atoms with van der Waals surface area (Å²) in [5.41, 5.74) is -0.859. The van der Waals surface area contributed by atoms with Gasteiger partial charge in [0, 0.05) is 6.42 Å². The fraction of sp³-hybridized carbons (Fsp3) is 0.818. The third kappa shape index (κ3) is 2.72. The number of hydrogen-bond donors (Lipinski definition) is 2. The van der Waals surface area contributed by atoms with Crippen LogP contribution in [0.5, 0.6) is 0 Å². The van der Waals surface area contributed by atoms with Crippen molar-refractivity contribution in [2.75, 3.05) is 0 Å². The van der Waals surface area contributed by atoms with Crippen LogP contribution in [-0.4, -0.2) is 21.9 Å². The molecule has 2 N–H and O–H groups in total. The standard InChI is InChI=1S/C11H18O2/c1-2-3-7-10(12)11(13)8-5-4-6-9-11/h10,12-13H,4-9H2,1H3. The van der Waals surface area contributed by atoms with E-state index in [1.807, 2.05) is 0 Å². The van der Waals surface area contributed by atoms with Crippen LogP contribution in [0.3, 0.4) is 0 Å². The van der Waals surface area contributed by atoms with Crippen molar-refractivity contribution in [3.8, 4) is 11.8 Å². The van der Waals surface area contributed by atoms with E-state index >= 15 is 0 Å². The highest BCUT2D eigenvalue weighted by molar-refractivity contribution is 5.01. The SMILES string of the molecule is CC#CCC(O)C1(O)CCCCC1. The van der Waals surface area contributed by atoms with Gasteiger partial charge in [0.2, 0.25) is 0 Å². The number of aliphatic hydroxyl groups is 2. The molecule has 0 aromatic rings. The van der Waals surface area contributed by atoms with Gasteiger partial charge in [0.15, 0.2) is 0 Å². The summed E-state index contributed by atoms with van der Waals surface area (Å²) in [5.74, 6) is 5.54. The molecular weight excluding hydrogens is 164 g/mol. The summed E-state index contributed by atoms with van der Waals surface area (Å²) < 4.78 is 0. The molecule has 13 heavy (non-hydrogen) atoms. The highest BCUT2D eigenvalue weighted by atomic mass is 16.3. The Morgan fingerprint density at radius 1 is 1.31 bits per heavy atom. The van der Waals surface area contributed by atoms with Gasteiger partial charge >= 0.3 is 0 Å². The second-order valence-electron chi connectivity index (χ2n) is 3.81. The summed E-state index contributed by atoms with van der Waals surface area (Å²) >= 11 is 0. The first kappa shape index (κ1) is 10.6. The van der Waals surface area contributed by atoms with Crippen molar-refractivity contribution < 1.29 is 10.2 Å². The molecule has 0 aromatic carbocycles. The Morgan fingerprint density at radius 2 is 1.92 bits per heavy atom. The molecule has 1 saturated carbocycles. The minimum absolute atomic E-state index is 0.396. The summed E-state index contributed by atoms with van der Waals surface area (Å²) in [7, 11) is 0. The zero-order valence-corrected chi connectivity index (χ0v) is 8.21. The first-order valence-electron chi connectivity index (χ1n) is 4.99. The molecule has 1 aliphatic rings. The maximum atomic E-state index is 10.0. The zero-order valence-electron chi connectivity index (χ0n) is 8.21. The Kier molecular flexibility index (Phi) is 3.77. The quantitative estimate of drug-likeness (QED) is 0.635. The fourth-order valence-corrected chi connectivity index (χ4v) is 1.89. The molecule has 0 bridgehead atoms. The van der Waals surface area contributed by atoms with Crippen LogP contribution in [-0.2, 0) is 0 Å². The molecule has 0 saturated heterocycles. The molecule has 2 nitrogen and oxygen atoms in total. The van der Waals surface area contributed by atoms with Gasteiger partial charge in [-0.2, -0.15) is 0 Å². The highest BCUT2D eigenvalue weighted by Crippen LogP contribution is 2.31. The topological polar surface area (TPSA) is 40.5 Å². The lowest BCUT2D eigenvalue weighted by Gasteiger charge is -2.35. The molecule has 1 rings (SSSR count). The van der Waals surface area contributed by atoms with E-state index in [2.05, 4.69) is 11.8 Å². The Balaban J connectivity index is 2.49. The van der Waals surface area contributed by atoms with Crippen molar-refractivity contribution in [2.24, 2.45) is 0 Å². The van der Waals surface area contributed by atoms with Gasteiger partial charge in [0.25, 0.3) is 0 Å². The summed E-state index contributed by atoms with van der Waals surface area (Å²) in [4.78, 5) is 0. The van der Waals surface area contributed by atoms with Crippen LogP contribution >= 0.6 is 0 Å². The molecule has 74 valence electrons. The molecule has 1 atom stereocenters. The van der Waals surface area contributed by atoms with E-state index < -0.39 is 11.7 Å². The van der Waals surface area contributed by atoms with Crippen LogP contribution in [0.15, 0.2) is 0 Å². The van der Waals surface area contributed by atoms with Crippen molar-refractivity contribution in [3.63, 3.8) is 0 Å². The normalized spacial score (nSPS) is 23.0. The summed E-state index contributed by atoms with van der Waals surface area (Å²) in [6.45, 7) is 1.75. The molecule has 0 amide bonds. The maximum absolute atomic E-state index is 10.0. The van der Waals surface area contributed by atoms with Crippen molar-refractivity contribution >= 4 is 0 Å². The van der Waals surface area contributed by atoms with Gasteiger partial charge in [-0.1, -0.05) is 19.3 Å². The molecule has 0 aromatic heterocycles. The maximum Gasteiger partial charge on any atom is 0.0935 e. The predicted octanol–water partition coefficient (Wildman–Crippen LogP) is 1.46. The van der Waals surface area contributed by atoms with Gasteiger partial charge in [-0.25, -0.2) is 0 Å². The lowest BCUT2D eigenvalue weighted by Crippen LogP contribution is -2.43. The Labute approximate surface area is 80.0 Å². The van der Waals surface area contributed by atoms with Crippen LogP contribution in [0.25, 0.3) is 0 Å². The number of hydrogen-bond acceptors (Lipinski definition) is 2. The molecule has 2 heteroatoms. The van der Waals surface area contributed by atoms with E-state index in [0.717, 1.165) is 25.7 Å². The number of aliphatic hydroxyl groups excluding tert-OH is 1. The van der Waals surface area contributed by atoms with E-state index in [1.54, 1.807) is 6.92 Å². The van der Waals surface area contributed by atoms with Crippen molar-refractivity contribution in [3.05, 3.63) is 0 Å². The minimum atomic E-state index is -0.859. The average molecular weight is 182 g/mol. The van der Waals surface area contributed by atoms with E-state index in [4.69, 9.17) is 0 Å². The molecule has 0 heterocycles. The molecule has 1 aliphatic carbocycles. The van der Waals surface area contributed by atoms with E-state index in [-0.39, 0.29) is 0 Å². The lowest BCUT2D eigenvalue weighted by atomic mass is 9.80. The van der Waals surface area contributed by atoms with Gasteiger partial charge in [-0.05, 0) is 19.8 Å². The molecule has 0 spiro atoms. The zero-order chi connectivity index (χ0) is 9.73. The predicted molar refractivity (Wildman–Crippen MR) is 52.1 cm³/mol. The third-order valence-corrected chi connectivity index (χ3v) is 2.81.